The number of nitrogens with zero attached hydrogens (tertiary/aromatic N) is 2. The number of fused-ring (bicyclic) bond motifs is 1. The van der Waals surface area contributed by atoms with Crippen LogP contribution in [0.5, 0.6) is 5.75 Å². The molecule has 4 rings (SSSR count). The number of thiazole rings is 1. The van der Waals surface area contributed by atoms with Gasteiger partial charge in [0.15, 0.2) is 0 Å². The quantitative estimate of drug-likeness (QED) is 0.893. The van der Waals surface area contributed by atoms with E-state index >= 15 is 0 Å². The molecule has 1 aromatic carbocycles. The summed E-state index contributed by atoms with van der Waals surface area (Å²) in [5.74, 6) is 0.972. The molecule has 1 saturated carbocycles. The van der Waals surface area contributed by atoms with Crippen molar-refractivity contribution in [2.75, 3.05) is 12.0 Å². The predicted octanol–water partition coefficient (Wildman–Crippen LogP) is 3.24. The van der Waals surface area contributed by atoms with Crippen molar-refractivity contribution in [3.8, 4) is 16.3 Å². The van der Waals surface area contributed by atoms with Gasteiger partial charge in [-0.25, -0.2) is 4.98 Å². The third-order valence-corrected chi connectivity index (χ3v) is 5.89. The van der Waals surface area contributed by atoms with Crippen molar-refractivity contribution < 1.29 is 9.53 Å². The van der Waals surface area contributed by atoms with Crippen LogP contribution in [0.1, 0.15) is 32.4 Å². The summed E-state index contributed by atoms with van der Waals surface area (Å²) in [6.45, 7) is 4.27. The first-order valence-corrected chi connectivity index (χ1v) is 9.61. The molecule has 1 N–H and O–H groups in total. The van der Waals surface area contributed by atoms with E-state index in [4.69, 9.17) is 9.72 Å². The molecule has 2 aliphatic rings. The Hall–Kier alpha value is -2.08. The molecule has 0 radical (unpaired) electrons. The normalized spacial score (nSPS) is 19.2. The highest BCUT2D eigenvalue weighted by molar-refractivity contribution is 7.19. The summed E-state index contributed by atoms with van der Waals surface area (Å²) >= 11 is 1.67. The number of anilines is 1. The zero-order valence-corrected chi connectivity index (χ0v) is 15.6. The second kappa shape index (κ2) is 6.33. The van der Waals surface area contributed by atoms with Crippen LogP contribution in [0.2, 0.25) is 0 Å². The molecule has 6 heteroatoms. The van der Waals surface area contributed by atoms with Crippen LogP contribution < -0.4 is 15.0 Å². The smallest absolute Gasteiger partial charge is 0.243 e. The van der Waals surface area contributed by atoms with Gasteiger partial charge in [-0.2, -0.15) is 0 Å². The highest BCUT2D eigenvalue weighted by atomic mass is 32.1. The zero-order chi connectivity index (χ0) is 17.6. The van der Waals surface area contributed by atoms with Crippen LogP contribution in [0.4, 0.5) is 5.00 Å². The number of methoxy groups -OCH3 is 1. The second-order valence-electron chi connectivity index (χ2n) is 7.01. The lowest BCUT2D eigenvalue weighted by atomic mass is 10.1. The molecule has 0 bridgehead atoms. The van der Waals surface area contributed by atoms with Gasteiger partial charge in [0.05, 0.1) is 12.8 Å². The number of ether oxygens (including phenoxy) is 1. The molecular weight excluding hydrogens is 334 g/mol. The largest absolute Gasteiger partial charge is 0.497 e. The van der Waals surface area contributed by atoms with Crippen molar-refractivity contribution in [3.05, 3.63) is 30.0 Å². The van der Waals surface area contributed by atoms with Crippen molar-refractivity contribution in [2.24, 2.45) is 0 Å². The van der Waals surface area contributed by atoms with Gasteiger partial charge in [-0.1, -0.05) is 23.5 Å². The van der Waals surface area contributed by atoms with Crippen molar-refractivity contribution in [1.82, 2.24) is 10.3 Å². The average molecular weight is 357 g/mol. The second-order valence-corrected chi connectivity index (χ2v) is 7.98. The first-order valence-electron chi connectivity index (χ1n) is 8.79. The molecule has 25 heavy (non-hydrogen) atoms. The maximum atomic E-state index is 12.6. The third-order valence-electron chi connectivity index (χ3n) is 4.73. The van der Waals surface area contributed by atoms with Crippen LogP contribution in [0.25, 0.3) is 10.6 Å². The fraction of sp³-hybridized carbons (Fsp3) is 0.474. The van der Waals surface area contributed by atoms with Crippen molar-refractivity contribution in [1.29, 1.82) is 0 Å². The molecule has 0 spiro atoms. The number of carbonyl (C=O) groups is 1. The third kappa shape index (κ3) is 3.11. The van der Waals surface area contributed by atoms with Crippen LogP contribution in [0.3, 0.4) is 0 Å². The number of hydrogen-bond acceptors (Lipinski definition) is 5. The van der Waals surface area contributed by atoms with E-state index < -0.39 is 0 Å². The van der Waals surface area contributed by atoms with Crippen LogP contribution >= 0.6 is 11.3 Å². The monoisotopic (exact) mass is 357 g/mol. The molecule has 1 fully saturated rings. The predicted molar refractivity (Wildman–Crippen MR) is 100 cm³/mol. The summed E-state index contributed by atoms with van der Waals surface area (Å²) in [4.78, 5) is 19.7. The Kier molecular flexibility index (Phi) is 4.15. The van der Waals surface area contributed by atoms with Crippen molar-refractivity contribution >= 4 is 22.2 Å². The molecule has 1 aliphatic carbocycles. The highest BCUT2D eigenvalue weighted by Gasteiger charge is 2.40. The molecule has 1 unspecified atom stereocenters. The van der Waals surface area contributed by atoms with E-state index in [1.807, 2.05) is 24.3 Å². The van der Waals surface area contributed by atoms with Crippen molar-refractivity contribution in [2.45, 2.75) is 51.2 Å². The molecule has 1 aromatic heterocycles. The minimum Gasteiger partial charge on any atom is -0.497 e. The number of rotatable bonds is 5. The summed E-state index contributed by atoms with van der Waals surface area (Å²) in [6.07, 6.45) is 2.91. The van der Waals surface area contributed by atoms with E-state index in [2.05, 4.69) is 24.1 Å². The molecular formula is C19H23N3O2S. The Bertz CT molecular complexity index is 798. The molecule has 2 heterocycles. The first kappa shape index (κ1) is 16.4. The summed E-state index contributed by atoms with van der Waals surface area (Å²) < 4.78 is 5.32. The van der Waals surface area contributed by atoms with E-state index in [9.17, 15) is 4.79 Å². The number of nitrogens with one attached hydrogen (secondary N) is 1. The maximum Gasteiger partial charge on any atom is 0.243 e. The SMILES string of the molecule is COc1cccc(-c2nc3c(s2)N(C(C)C)C(C(=O)NC2CC2)C3)c1. The molecule has 0 saturated heterocycles. The Morgan fingerprint density at radius 2 is 2.20 bits per heavy atom. The average Bonchev–Trinajstić information content (AvgIpc) is 3.19. The maximum absolute atomic E-state index is 12.6. The van der Waals surface area contributed by atoms with Crippen molar-refractivity contribution in [3.63, 3.8) is 0 Å². The van der Waals surface area contributed by atoms with E-state index in [-0.39, 0.29) is 18.0 Å². The number of carbonyl (C=O) groups excluding carboxylic acids is 1. The van der Waals surface area contributed by atoms with Gasteiger partial charge in [-0.15, -0.1) is 0 Å². The fourth-order valence-electron chi connectivity index (χ4n) is 3.32. The van der Waals surface area contributed by atoms with Gasteiger partial charge in [0.25, 0.3) is 0 Å². The lowest BCUT2D eigenvalue weighted by Gasteiger charge is -2.29. The molecule has 2 aromatic rings. The Labute approximate surface area is 152 Å². The lowest BCUT2D eigenvalue weighted by molar-refractivity contribution is -0.122. The lowest BCUT2D eigenvalue weighted by Crippen LogP contribution is -2.48. The topological polar surface area (TPSA) is 54.5 Å². The standard InChI is InChI=1S/C19H23N3O2S/c1-11(2)22-16(17(23)20-13-7-8-13)10-15-19(22)25-18(21-15)12-5-4-6-14(9-12)24-3/h4-6,9,11,13,16H,7-8,10H2,1-3H3,(H,20,23). The van der Waals surface area contributed by atoms with Gasteiger partial charge in [0.1, 0.15) is 21.8 Å². The zero-order valence-electron chi connectivity index (χ0n) is 14.8. The van der Waals surface area contributed by atoms with E-state index in [0.717, 1.165) is 39.9 Å². The van der Waals surface area contributed by atoms with Gasteiger partial charge in [0.2, 0.25) is 5.91 Å². The molecule has 5 nitrogen and oxygen atoms in total. The summed E-state index contributed by atoms with van der Waals surface area (Å²) in [5, 5.41) is 5.26. The molecule has 1 amide bonds. The molecule has 1 atom stereocenters. The summed E-state index contributed by atoms with van der Waals surface area (Å²) in [6, 6.07) is 8.48. The van der Waals surface area contributed by atoms with E-state index in [0.29, 0.717) is 12.5 Å². The van der Waals surface area contributed by atoms with E-state index in [1.165, 1.54) is 0 Å². The van der Waals surface area contributed by atoms with Crippen LogP contribution in [0, 0.1) is 0 Å². The number of benzene rings is 1. The number of aromatic nitrogens is 1. The first-order chi connectivity index (χ1) is 12.1. The van der Waals surface area contributed by atoms with Gasteiger partial charge in [-0.3, -0.25) is 4.79 Å². The highest BCUT2D eigenvalue weighted by Crippen LogP contribution is 2.42. The van der Waals surface area contributed by atoms with Gasteiger partial charge < -0.3 is 15.0 Å². The van der Waals surface area contributed by atoms with Crippen LogP contribution in [0.15, 0.2) is 24.3 Å². The Balaban J connectivity index is 1.62. The molecule has 1 aliphatic heterocycles. The summed E-state index contributed by atoms with van der Waals surface area (Å²) in [5.41, 5.74) is 2.09. The Morgan fingerprint density at radius 3 is 2.88 bits per heavy atom. The molecule has 132 valence electrons. The van der Waals surface area contributed by atoms with Crippen LogP contribution in [-0.2, 0) is 11.2 Å². The number of amides is 1. The van der Waals surface area contributed by atoms with Gasteiger partial charge in [-0.05, 0) is 38.8 Å². The minimum absolute atomic E-state index is 0.131. The van der Waals surface area contributed by atoms with Gasteiger partial charge >= 0.3 is 0 Å². The Morgan fingerprint density at radius 1 is 1.40 bits per heavy atom. The summed E-state index contributed by atoms with van der Waals surface area (Å²) in [7, 11) is 1.67. The number of hydrogen-bond donors (Lipinski definition) is 1. The minimum atomic E-state index is -0.131. The van der Waals surface area contributed by atoms with Crippen LogP contribution in [-0.4, -0.2) is 36.1 Å². The fourth-order valence-corrected chi connectivity index (χ4v) is 4.59. The van der Waals surface area contributed by atoms with E-state index in [1.54, 1.807) is 18.4 Å². The van der Waals surface area contributed by atoms with Gasteiger partial charge in [0, 0.05) is 24.1 Å².